The number of benzene rings is 3. The molecule has 1 atom stereocenters. The number of rotatable bonds is 6. The summed E-state index contributed by atoms with van der Waals surface area (Å²) >= 11 is 6.38. The first-order valence-electron chi connectivity index (χ1n) is 12.2. The number of methoxy groups -OCH3 is 1. The highest BCUT2D eigenvalue weighted by Gasteiger charge is 2.37. The van der Waals surface area contributed by atoms with E-state index in [1.807, 2.05) is 86.8 Å². The molecule has 7 heteroatoms. The fraction of sp³-hybridized carbons (Fsp3) is 0.200. The number of para-hydroxylation sites is 3. The van der Waals surface area contributed by atoms with Crippen molar-refractivity contribution in [3.05, 3.63) is 113 Å². The zero-order valence-electron chi connectivity index (χ0n) is 21.0. The summed E-state index contributed by atoms with van der Waals surface area (Å²) in [4.78, 5) is 31.2. The van der Waals surface area contributed by atoms with E-state index >= 15 is 0 Å². The van der Waals surface area contributed by atoms with E-state index in [1.54, 1.807) is 28.0 Å². The Morgan fingerprint density at radius 2 is 1.68 bits per heavy atom. The Balaban J connectivity index is 1.58. The fourth-order valence-electron chi connectivity index (χ4n) is 4.94. The lowest BCUT2D eigenvalue weighted by molar-refractivity contribution is -0.120. The first kappa shape index (κ1) is 24.7. The number of amides is 2. The second-order valence-electron chi connectivity index (χ2n) is 9.24. The molecule has 0 aliphatic carbocycles. The van der Waals surface area contributed by atoms with Crippen LogP contribution in [0.4, 0.5) is 5.69 Å². The van der Waals surface area contributed by atoms with Gasteiger partial charge >= 0.3 is 0 Å². The monoisotopic (exact) mass is 513 g/mol. The molecule has 188 valence electrons. The van der Waals surface area contributed by atoms with Gasteiger partial charge in [-0.3, -0.25) is 14.5 Å². The molecule has 1 aliphatic rings. The molecule has 0 bridgehead atoms. The molecule has 1 aromatic heterocycles. The third-order valence-electron chi connectivity index (χ3n) is 6.68. The zero-order chi connectivity index (χ0) is 26.1. The molecule has 0 saturated heterocycles. The van der Waals surface area contributed by atoms with Gasteiger partial charge in [-0.15, -0.1) is 0 Å². The zero-order valence-corrected chi connectivity index (χ0v) is 21.7. The highest BCUT2D eigenvalue weighted by Crippen LogP contribution is 2.42. The molecule has 2 amide bonds. The Morgan fingerprint density at radius 3 is 2.41 bits per heavy atom. The van der Waals surface area contributed by atoms with Crippen LogP contribution in [0.5, 0.6) is 5.75 Å². The number of carbonyl (C=O) groups excluding carboxylic acids is 2. The molecule has 1 aliphatic heterocycles. The first-order chi connectivity index (χ1) is 17.9. The van der Waals surface area contributed by atoms with Gasteiger partial charge in [0.05, 0.1) is 29.7 Å². The number of carbonyl (C=O) groups is 2. The summed E-state index contributed by atoms with van der Waals surface area (Å²) < 4.78 is 7.52. The third-order valence-corrected chi connectivity index (χ3v) is 6.91. The van der Waals surface area contributed by atoms with Crippen LogP contribution in [0, 0.1) is 0 Å². The number of aromatic nitrogens is 1. The van der Waals surface area contributed by atoms with Crippen molar-refractivity contribution in [1.82, 2.24) is 9.47 Å². The summed E-state index contributed by atoms with van der Waals surface area (Å²) in [6.07, 6.45) is 2.00. The number of nitrogens with zero attached hydrogens (tertiary/aromatic N) is 3. The van der Waals surface area contributed by atoms with Gasteiger partial charge in [-0.05, 0) is 67.9 Å². The SMILES string of the molecule is COc1ccccc1C(=O)N(CC(=O)N1c2ccccc2-n2cccc2C1c1cccc(Cl)c1)C(C)C. The maximum Gasteiger partial charge on any atom is 0.258 e. The second-order valence-corrected chi connectivity index (χ2v) is 9.68. The molecule has 0 fully saturated rings. The van der Waals surface area contributed by atoms with Crippen LogP contribution in [0.2, 0.25) is 5.02 Å². The molecule has 0 saturated carbocycles. The average Bonchev–Trinajstić information content (AvgIpc) is 3.40. The normalized spacial score (nSPS) is 14.2. The number of ether oxygens (including phenoxy) is 1. The summed E-state index contributed by atoms with van der Waals surface area (Å²) in [6.45, 7) is 3.72. The summed E-state index contributed by atoms with van der Waals surface area (Å²) in [5, 5.41) is 0.594. The van der Waals surface area contributed by atoms with Crippen molar-refractivity contribution in [2.45, 2.75) is 25.9 Å². The molecule has 1 unspecified atom stereocenters. The number of hydrogen-bond donors (Lipinski definition) is 0. The van der Waals surface area contributed by atoms with E-state index in [1.165, 1.54) is 7.11 Å². The first-order valence-corrected chi connectivity index (χ1v) is 12.6. The van der Waals surface area contributed by atoms with Gasteiger partial charge in [-0.25, -0.2) is 0 Å². The van der Waals surface area contributed by atoms with E-state index in [-0.39, 0.29) is 24.4 Å². The van der Waals surface area contributed by atoms with Crippen molar-refractivity contribution in [1.29, 1.82) is 0 Å². The third kappa shape index (κ3) is 4.49. The Labute approximate surface area is 221 Å². The van der Waals surface area contributed by atoms with Crippen molar-refractivity contribution >= 4 is 29.1 Å². The fourth-order valence-corrected chi connectivity index (χ4v) is 5.14. The minimum atomic E-state index is -0.411. The van der Waals surface area contributed by atoms with Crippen LogP contribution in [0.25, 0.3) is 5.69 Å². The summed E-state index contributed by atoms with van der Waals surface area (Å²) in [5.41, 5.74) is 3.94. The van der Waals surface area contributed by atoms with Crippen LogP contribution in [0.3, 0.4) is 0 Å². The van der Waals surface area contributed by atoms with Crippen molar-refractivity contribution in [2.75, 3.05) is 18.6 Å². The molecule has 6 nitrogen and oxygen atoms in total. The second kappa shape index (κ2) is 10.1. The van der Waals surface area contributed by atoms with Crippen molar-refractivity contribution in [3.63, 3.8) is 0 Å². The van der Waals surface area contributed by atoms with E-state index in [0.717, 1.165) is 22.6 Å². The standard InChI is InChI=1S/C30H28ClN3O3/c1-20(2)33(30(36)23-12-4-7-16-27(23)37-3)19-28(35)34-25-14-6-5-13-24(25)32-17-9-15-26(32)29(34)21-10-8-11-22(31)18-21/h4-18,20,29H,19H2,1-3H3. The van der Waals surface area contributed by atoms with Gasteiger partial charge in [-0.2, -0.15) is 0 Å². The predicted molar refractivity (Wildman–Crippen MR) is 146 cm³/mol. The lowest BCUT2D eigenvalue weighted by Crippen LogP contribution is -2.48. The minimum Gasteiger partial charge on any atom is -0.496 e. The van der Waals surface area contributed by atoms with Gasteiger partial charge in [0.15, 0.2) is 0 Å². The molecule has 5 rings (SSSR count). The maximum absolute atomic E-state index is 14.2. The maximum atomic E-state index is 14.2. The number of fused-ring (bicyclic) bond motifs is 3. The summed E-state index contributed by atoms with van der Waals surface area (Å²) in [5.74, 6) is 0.0270. The molecule has 0 N–H and O–H groups in total. The molecular formula is C30H28ClN3O3. The molecular weight excluding hydrogens is 486 g/mol. The molecule has 4 aromatic rings. The number of halogens is 1. The van der Waals surface area contributed by atoms with E-state index in [4.69, 9.17) is 16.3 Å². The average molecular weight is 514 g/mol. The largest absolute Gasteiger partial charge is 0.496 e. The summed E-state index contributed by atoms with van der Waals surface area (Å²) in [7, 11) is 1.53. The summed E-state index contributed by atoms with van der Waals surface area (Å²) in [6, 6.07) is 25.8. The van der Waals surface area contributed by atoms with Crippen LogP contribution < -0.4 is 9.64 Å². The number of hydrogen-bond acceptors (Lipinski definition) is 3. The minimum absolute atomic E-state index is 0.0966. The van der Waals surface area contributed by atoms with Gasteiger partial charge < -0.3 is 14.2 Å². The van der Waals surface area contributed by atoms with Crippen LogP contribution in [0.1, 0.15) is 41.5 Å². The lowest BCUT2D eigenvalue weighted by atomic mass is 9.97. The highest BCUT2D eigenvalue weighted by molar-refractivity contribution is 6.30. The molecule has 2 heterocycles. The highest BCUT2D eigenvalue weighted by atomic mass is 35.5. The quantitative estimate of drug-likeness (QED) is 0.312. The predicted octanol–water partition coefficient (Wildman–Crippen LogP) is 6.13. The topological polar surface area (TPSA) is 54.8 Å². The Hall–Kier alpha value is -4.03. The van der Waals surface area contributed by atoms with Crippen molar-refractivity contribution in [2.24, 2.45) is 0 Å². The van der Waals surface area contributed by atoms with Gasteiger partial charge in [0, 0.05) is 17.3 Å². The van der Waals surface area contributed by atoms with Crippen LogP contribution in [-0.2, 0) is 4.79 Å². The molecule has 3 aromatic carbocycles. The Kier molecular flexibility index (Phi) is 6.76. The van der Waals surface area contributed by atoms with E-state index in [2.05, 4.69) is 4.57 Å². The van der Waals surface area contributed by atoms with Crippen molar-refractivity contribution in [3.8, 4) is 11.4 Å². The van der Waals surface area contributed by atoms with E-state index in [0.29, 0.717) is 16.3 Å². The Bertz CT molecular complexity index is 1460. The Morgan fingerprint density at radius 1 is 0.946 bits per heavy atom. The lowest BCUT2D eigenvalue weighted by Gasteiger charge is -2.40. The van der Waals surface area contributed by atoms with Crippen LogP contribution in [-0.4, -0.2) is 41.0 Å². The van der Waals surface area contributed by atoms with Crippen LogP contribution >= 0.6 is 11.6 Å². The molecule has 0 radical (unpaired) electrons. The van der Waals surface area contributed by atoms with Gasteiger partial charge in [0.2, 0.25) is 5.91 Å². The van der Waals surface area contributed by atoms with Gasteiger partial charge in [0.1, 0.15) is 18.3 Å². The van der Waals surface area contributed by atoms with Crippen LogP contribution in [0.15, 0.2) is 91.1 Å². The smallest absolute Gasteiger partial charge is 0.258 e. The molecule has 37 heavy (non-hydrogen) atoms. The van der Waals surface area contributed by atoms with Gasteiger partial charge in [0.25, 0.3) is 5.91 Å². The van der Waals surface area contributed by atoms with Crippen molar-refractivity contribution < 1.29 is 14.3 Å². The van der Waals surface area contributed by atoms with E-state index in [9.17, 15) is 9.59 Å². The van der Waals surface area contributed by atoms with E-state index < -0.39 is 6.04 Å². The van der Waals surface area contributed by atoms with Gasteiger partial charge in [-0.1, -0.05) is 48.0 Å². The number of anilines is 1. The molecule has 0 spiro atoms.